The summed E-state index contributed by atoms with van der Waals surface area (Å²) >= 11 is 3.17. The van der Waals surface area contributed by atoms with E-state index in [2.05, 4.69) is 25.9 Å². The van der Waals surface area contributed by atoms with Crippen molar-refractivity contribution < 1.29 is 0 Å². The van der Waals surface area contributed by atoms with Gasteiger partial charge in [-0.2, -0.15) is 0 Å². The highest BCUT2D eigenvalue weighted by Gasteiger charge is 1.85. The summed E-state index contributed by atoms with van der Waals surface area (Å²) in [7, 11) is 0. The fraction of sp³-hybridized carbons (Fsp3) is 0.250. The Balaban J connectivity index is 0.000000490. The molecule has 0 saturated carbocycles. The number of nitrogens with one attached hydrogen (secondary N) is 1. The Morgan fingerprint density at radius 3 is 2.50 bits per heavy atom. The second-order valence-corrected chi connectivity index (χ2v) is 2.11. The van der Waals surface area contributed by atoms with Crippen LogP contribution in [0, 0.1) is 6.92 Å². The van der Waals surface area contributed by atoms with Crippen molar-refractivity contribution in [3.05, 3.63) is 16.6 Å². The fourth-order valence-corrected chi connectivity index (χ4v) is 0.796. The summed E-state index contributed by atoms with van der Waals surface area (Å²) in [6.45, 7) is 1.96. The molecule has 4 heteroatoms. The quantitative estimate of drug-likeness (QED) is 0.740. The molecule has 8 heavy (non-hydrogen) atoms. The van der Waals surface area contributed by atoms with E-state index in [0.29, 0.717) is 0 Å². The molecule has 0 spiro atoms. The molecule has 0 aliphatic heterocycles. The number of aryl methyl sites for hydroxylation is 1. The van der Waals surface area contributed by atoms with Crippen molar-refractivity contribution in [1.29, 1.82) is 0 Å². The lowest BCUT2D eigenvalue weighted by molar-refractivity contribution is 1.20. The third-order valence-electron chi connectivity index (χ3n) is 0.672. The van der Waals surface area contributed by atoms with E-state index in [1.807, 2.05) is 6.92 Å². The second kappa shape index (κ2) is 3.25. The topological polar surface area (TPSA) is 28.7 Å². The highest BCUT2D eigenvalue weighted by molar-refractivity contribution is 9.10. The van der Waals surface area contributed by atoms with Gasteiger partial charge >= 0.3 is 0 Å². The molecule has 0 unspecified atom stereocenters. The zero-order chi connectivity index (χ0) is 5.28. The smallest absolute Gasteiger partial charge is 0.174 e. The van der Waals surface area contributed by atoms with Crippen LogP contribution < -0.4 is 0 Å². The van der Waals surface area contributed by atoms with E-state index < -0.39 is 0 Å². The molecule has 0 aliphatic carbocycles. The number of halogens is 2. The lowest BCUT2D eigenvalue weighted by Crippen LogP contribution is -1.63. The Kier molecular flexibility index (Phi) is 3.31. The van der Waals surface area contributed by atoms with E-state index in [-0.39, 0.29) is 17.0 Å². The number of nitrogens with zero attached hydrogens (tertiary/aromatic N) is 1. The standard InChI is InChI=1S/C4H5BrN2.BrH/c1-3-2-6-4(5)7-3;/h2H,1H3,(H,6,7);1H. The zero-order valence-corrected chi connectivity index (χ0v) is 7.61. The first-order chi connectivity index (χ1) is 3.29. The van der Waals surface area contributed by atoms with Crippen LogP contribution in [0.25, 0.3) is 0 Å². The van der Waals surface area contributed by atoms with Crippen LogP contribution in [0.1, 0.15) is 5.69 Å². The number of rotatable bonds is 0. The van der Waals surface area contributed by atoms with Gasteiger partial charge in [0.25, 0.3) is 0 Å². The molecule has 1 aromatic heterocycles. The van der Waals surface area contributed by atoms with Crippen molar-refractivity contribution in [1.82, 2.24) is 9.97 Å². The van der Waals surface area contributed by atoms with Gasteiger partial charge in [-0.15, -0.1) is 17.0 Å². The third kappa shape index (κ3) is 1.96. The van der Waals surface area contributed by atoms with Gasteiger partial charge in [-0.05, 0) is 22.9 Å². The first kappa shape index (κ1) is 8.17. The van der Waals surface area contributed by atoms with Gasteiger partial charge in [0, 0.05) is 11.9 Å². The summed E-state index contributed by atoms with van der Waals surface area (Å²) in [4.78, 5) is 6.82. The summed E-state index contributed by atoms with van der Waals surface area (Å²) in [5, 5.41) is 0. The maximum atomic E-state index is 3.88. The van der Waals surface area contributed by atoms with Crippen molar-refractivity contribution in [2.45, 2.75) is 6.92 Å². The van der Waals surface area contributed by atoms with E-state index in [9.17, 15) is 0 Å². The minimum absolute atomic E-state index is 0. The van der Waals surface area contributed by atoms with Gasteiger partial charge in [-0.25, -0.2) is 4.98 Å². The molecule has 1 rings (SSSR count). The first-order valence-electron chi connectivity index (χ1n) is 1.96. The predicted octanol–water partition coefficient (Wildman–Crippen LogP) is 2.06. The molecule has 1 aromatic rings. The largest absolute Gasteiger partial charge is 0.337 e. The molecule has 0 fully saturated rings. The van der Waals surface area contributed by atoms with E-state index in [1.165, 1.54) is 0 Å². The Labute approximate surface area is 66.6 Å². The molecule has 2 nitrogen and oxygen atoms in total. The van der Waals surface area contributed by atoms with Crippen LogP contribution in [0.3, 0.4) is 0 Å². The summed E-state index contributed by atoms with van der Waals surface area (Å²) in [6, 6.07) is 0. The second-order valence-electron chi connectivity index (χ2n) is 1.36. The summed E-state index contributed by atoms with van der Waals surface area (Å²) in [5.74, 6) is 0. The van der Waals surface area contributed by atoms with E-state index in [1.54, 1.807) is 6.20 Å². The third-order valence-corrected chi connectivity index (χ3v) is 1.07. The predicted molar refractivity (Wildman–Crippen MR) is 41.3 cm³/mol. The number of aromatic amines is 1. The van der Waals surface area contributed by atoms with Crippen LogP contribution in [-0.4, -0.2) is 9.97 Å². The normalized spacial score (nSPS) is 8.25. The van der Waals surface area contributed by atoms with Crippen LogP contribution in [0.4, 0.5) is 0 Å². The Morgan fingerprint density at radius 2 is 2.38 bits per heavy atom. The van der Waals surface area contributed by atoms with Gasteiger partial charge in [0.05, 0.1) is 0 Å². The molecule has 0 amide bonds. The van der Waals surface area contributed by atoms with Gasteiger partial charge in [0.15, 0.2) is 4.73 Å². The van der Waals surface area contributed by atoms with Crippen molar-refractivity contribution in [2.24, 2.45) is 0 Å². The molecule has 0 saturated heterocycles. The number of imidazole rings is 1. The summed E-state index contributed by atoms with van der Waals surface area (Å²) in [6.07, 6.45) is 1.77. The van der Waals surface area contributed by atoms with Crippen LogP contribution >= 0.6 is 32.9 Å². The number of H-pyrrole nitrogens is 1. The van der Waals surface area contributed by atoms with Crippen molar-refractivity contribution >= 4 is 32.9 Å². The maximum Gasteiger partial charge on any atom is 0.174 e. The average molecular weight is 242 g/mol. The molecule has 1 N–H and O–H groups in total. The molecule has 0 atom stereocenters. The molecule has 0 radical (unpaired) electrons. The lowest BCUT2D eigenvalue weighted by atomic mass is 10.6. The van der Waals surface area contributed by atoms with Crippen molar-refractivity contribution in [3.8, 4) is 0 Å². The van der Waals surface area contributed by atoms with E-state index >= 15 is 0 Å². The van der Waals surface area contributed by atoms with Gasteiger partial charge in [0.1, 0.15) is 0 Å². The van der Waals surface area contributed by atoms with Crippen molar-refractivity contribution in [2.75, 3.05) is 0 Å². The number of aromatic nitrogens is 2. The van der Waals surface area contributed by atoms with Crippen LogP contribution in [-0.2, 0) is 0 Å². The summed E-state index contributed by atoms with van der Waals surface area (Å²) in [5.41, 5.74) is 1.08. The molecule has 0 aliphatic rings. The van der Waals surface area contributed by atoms with Gasteiger partial charge in [-0.3, -0.25) is 0 Å². The maximum absolute atomic E-state index is 3.88. The fourth-order valence-electron chi connectivity index (χ4n) is 0.381. The number of hydrogen-bond acceptors (Lipinski definition) is 1. The Hall–Kier alpha value is 0.170. The van der Waals surface area contributed by atoms with Crippen LogP contribution in [0.15, 0.2) is 10.9 Å². The van der Waals surface area contributed by atoms with E-state index in [0.717, 1.165) is 10.4 Å². The Bertz CT molecular complexity index is 144. The van der Waals surface area contributed by atoms with Gasteiger partial charge < -0.3 is 4.98 Å². The summed E-state index contributed by atoms with van der Waals surface area (Å²) < 4.78 is 0.796. The molecule has 0 aromatic carbocycles. The average Bonchev–Trinajstić information content (AvgIpc) is 1.87. The molecule has 46 valence electrons. The first-order valence-corrected chi connectivity index (χ1v) is 2.75. The molecule has 1 heterocycles. The highest BCUT2D eigenvalue weighted by Crippen LogP contribution is 2.00. The minimum atomic E-state index is 0. The monoisotopic (exact) mass is 240 g/mol. The van der Waals surface area contributed by atoms with Crippen LogP contribution in [0.2, 0.25) is 0 Å². The highest BCUT2D eigenvalue weighted by atomic mass is 79.9. The van der Waals surface area contributed by atoms with Gasteiger partial charge in [-0.1, -0.05) is 0 Å². The minimum Gasteiger partial charge on any atom is -0.337 e. The zero-order valence-electron chi connectivity index (χ0n) is 4.31. The van der Waals surface area contributed by atoms with E-state index in [4.69, 9.17) is 0 Å². The van der Waals surface area contributed by atoms with Crippen molar-refractivity contribution in [3.63, 3.8) is 0 Å². The number of hydrogen-bond donors (Lipinski definition) is 1. The molecule has 0 bridgehead atoms. The van der Waals surface area contributed by atoms with Crippen LogP contribution in [0.5, 0.6) is 0 Å². The van der Waals surface area contributed by atoms with Gasteiger partial charge in [0.2, 0.25) is 0 Å². The Morgan fingerprint density at radius 1 is 1.75 bits per heavy atom. The molecular weight excluding hydrogens is 236 g/mol. The lowest BCUT2D eigenvalue weighted by Gasteiger charge is -1.72. The SMILES string of the molecule is Br.Cc1cnc(Br)[nH]1. The molecular formula is C4H6Br2N2.